The van der Waals surface area contributed by atoms with Crippen molar-refractivity contribution >= 4 is 0 Å². The highest BCUT2D eigenvalue weighted by atomic mass is 16.9. The summed E-state index contributed by atoms with van der Waals surface area (Å²) in [5.74, 6) is -0.649. The molecule has 0 atom stereocenters. The smallest absolute Gasteiger partial charge is 0.283 e. The zero-order chi connectivity index (χ0) is 10.3. The summed E-state index contributed by atoms with van der Waals surface area (Å²) in [5, 5.41) is 0. The fourth-order valence-electron chi connectivity index (χ4n) is 3.07. The lowest BCUT2D eigenvalue weighted by molar-refractivity contribution is -0.495. The predicted molar refractivity (Wildman–Crippen MR) is 55.3 cm³/mol. The quantitative estimate of drug-likeness (QED) is 0.670. The molecule has 3 aliphatic heterocycles. The molecule has 3 saturated heterocycles. The first-order chi connectivity index (χ1) is 7.30. The second-order valence-electron chi connectivity index (χ2n) is 5.07. The highest BCUT2D eigenvalue weighted by Crippen LogP contribution is 2.46. The number of unbranched alkanes of at least 4 members (excludes halogenated alkanes) is 2. The molecule has 4 fully saturated rings. The average molecular weight is 212 g/mol. The van der Waals surface area contributed by atoms with Crippen molar-refractivity contribution in [1.82, 2.24) is 0 Å². The van der Waals surface area contributed by atoms with E-state index in [4.69, 9.17) is 14.2 Å². The number of ether oxygens (including phenoxy) is 3. The van der Waals surface area contributed by atoms with E-state index in [1.165, 1.54) is 12.8 Å². The van der Waals surface area contributed by atoms with E-state index < -0.39 is 5.97 Å². The van der Waals surface area contributed by atoms with Gasteiger partial charge in [-0.2, -0.15) is 0 Å². The van der Waals surface area contributed by atoms with E-state index in [9.17, 15) is 0 Å². The topological polar surface area (TPSA) is 27.7 Å². The second-order valence-corrected chi connectivity index (χ2v) is 5.07. The first-order valence-electron chi connectivity index (χ1n) is 6.33. The van der Waals surface area contributed by atoms with Crippen LogP contribution in [-0.2, 0) is 14.2 Å². The largest absolute Gasteiger partial charge is 0.324 e. The Morgan fingerprint density at radius 3 is 1.93 bits per heavy atom. The van der Waals surface area contributed by atoms with Crippen LogP contribution in [0.1, 0.15) is 51.9 Å². The molecule has 1 saturated carbocycles. The summed E-state index contributed by atoms with van der Waals surface area (Å²) < 4.78 is 17.7. The van der Waals surface area contributed by atoms with Gasteiger partial charge < -0.3 is 14.2 Å². The summed E-state index contributed by atoms with van der Waals surface area (Å²) in [7, 11) is 0. The van der Waals surface area contributed by atoms with Gasteiger partial charge in [-0.1, -0.05) is 19.8 Å². The van der Waals surface area contributed by atoms with Gasteiger partial charge in [0.1, 0.15) is 0 Å². The maximum absolute atomic E-state index is 5.91. The summed E-state index contributed by atoms with van der Waals surface area (Å²) in [5.41, 5.74) is 0. The monoisotopic (exact) mass is 212 g/mol. The van der Waals surface area contributed by atoms with Crippen molar-refractivity contribution in [3.63, 3.8) is 0 Å². The van der Waals surface area contributed by atoms with Crippen molar-refractivity contribution in [3.8, 4) is 0 Å². The molecule has 0 aromatic heterocycles. The predicted octanol–water partition coefficient (Wildman–Crippen LogP) is 2.59. The number of rotatable bonds is 4. The average Bonchev–Trinajstić information content (AvgIpc) is 2.15. The van der Waals surface area contributed by atoms with E-state index in [1.54, 1.807) is 0 Å². The van der Waals surface area contributed by atoms with Crippen molar-refractivity contribution in [1.29, 1.82) is 0 Å². The first kappa shape index (κ1) is 10.1. The summed E-state index contributed by atoms with van der Waals surface area (Å²) in [4.78, 5) is 0. The molecule has 0 aromatic rings. The highest BCUT2D eigenvalue weighted by molar-refractivity contribution is 4.91. The summed E-state index contributed by atoms with van der Waals surface area (Å²) in [6.07, 6.45) is 8.95. The Kier molecular flexibility index (Phi) is 2.49. The van der Waals surface area contributed by atoms with Crippen LogP contribution in [0.3, 0.4) is 0 Å². The molecule has 86 valence electrons. The lowest BCUT2D eigenvalue weighted by atomic mass is 9.88. The zero-order valence-corrected chi connectivity index (χ0v) is 9.41. The maximum Gasteiger partial charge on any atom is 0.283 e. The van der Waals surface area contributed by atoms with Gasteiger partial charge in [-0.3, -0.25) is 0 Å². The SMILES string of the molecule is CCCCCC12OC3CC(CC(C3)O1)O2. The molecule has 3 heterocycles. The molecular formula is C12H20O3. The van der Waals surface area contributed by atoms with Crippen LogP contribution in [0.25, 0.3) is 0 Å². The molecule has 3 heteroatoms. The Labute approximate surface area is 91.1 Å². The van der Waals surface area contributed by atoms with Crippen LogP contribution in [0, 0.1) is 0 Å². The zero-order valence-electron chi connectivity index (χ0n) is 9.41. The van der Waals surface area contributed by atoms with Crippen molar-refractivity contribution in [2.45, 2.75) is 76.2 Å². The Balaban J connectivity index is 1.65. The Bertz CT molecular complexity index is 204. The minimum absolute atomic E-state index is 0.401. The van der Waals surface area contributed by atoms with Crippen LogP contribution >= 0.6 is 0 Å². The Morgan fingerprint density at radius 2 is 1.47 bits per heavy atom. The van der Waals surface area contributed by atoms with Crippen molar-refractivity contribution in [3.05, 3.63) is 0 Å². The van der Waals surface area contributed by atoms with E-state index in [2.05, 4.69) is 6.92 Å². The molecule has 4 bridgehead atoms. The summed E-state index contributed by atoms with van der Waals surface area (Å²) in [6.45, 7) is 2.21. The van der Waals surface area contributed by atoms with Crippen LogP contribution in [0.15, 0.2) is 0 Å². The fraction of sp³-hybridized carbons (Fsp3) is 1.00. The molecule has 0 spiro atoms. The Hall–Kier alpha value is -0.120. The molecule has 4 aliphatic rings. The van der Waals surface area contributed by atoms with Gasteiger partial charge in [0.2, 0.25) is 0 Å². The van der Waals surface area contributed by atoms with Crippen molar-refractivity contribution in [2.24, 2.45) is 0 Å². The first-order valence-corrected chi connectivity index (χ1v) is 6.33. The van der Waals surface area contributed by atoms with Crippen LogP contribution in [0.5, 0.6) is 0 Å². The van der Waals surface area contributed by atoms with Gasteiger partial charge in [-0.25, -0.2) is 0 Å². The lowest BCUT2D eigenvalue weighted by Crippen LogP contribution is -2.62. The van der Waals surface area contributed by atoms with E-state index >= 15 is 0 Å². The van der Waals surface area contributed by atoms with E-state index in [1.807, 2.05) is 0 Å². The van der Waals surface area contributed by atoms with Gasteiger partial charge in [0.15, 0.2) is 0 Å². The van der Waals surface area contributed by atoms with Gasteiger partial charge in [0, 0.05) is 25.7 Å². The van der Waals surface area contributed by atoms with E-state index in [0.717, 1.165) is 32.1 Å². The van der Waals surface area contributed by atoms with Gasteiger partial charge in [-0.15, -0.1) is 0 Å². The molecule has 1 aliphatic carbocycles. The number of hydrogen-bond acceptors (Lipinski definition) is 3. The molecule has 15 heavy (non-hydrogen) atoms. The van der Waals surface area contributed by atoms with Crippen LogP contribution in [-0.4, -0.2) is 24.3 Å². The Morgan fingerprint density at radius 1 is 0.933 bits per heavy atom. The molecule has 0 aromatic carbocycles. The van der Waals surface area contributed by atoms with Gasteiger partial charge in [0.05, 0.1) is 18.3 Å². The van der Waals surface area contributed by atoms with Gasteiger partial charge in [-0.05, 0) is 6.42 Å². The molecule has 0 radical (unpaired) electrons. The summed E-state index contributed by atoms with van der Waals surface area (Å²) >= 11 is 0. The van der Waals surface area contributed by atoms with Crippen molar-refractivity contribution in [2.75, 3.05) is 0 Å². The molecular weight excluding hydrogens is 192 g/mol. The summed E-state index contributed by atoms with van der Waals surface area (Å²) in [6, 6.07) is 0. The molecule has 4 rings (SSSR count). The third-order valence-corrected chi connectivity index (χ3v) is 3.70. The molecule has 0 N–H and O–H groups in total. The third kappa shape index (κ3) is 1.81. The third-order valence-electron chi connectivity index (χ3n) is 3.70. The van der Waals surface area contributed by atoms with Gasteiger partial charge in [0.25, 0.3) is 5.97 Å². The molecule has 3 nitrogen and oxygen atoms in total. The lowest BCUT2D eigenvalue weighted by Gasteiger charge is -2.55. The van der Waals surface area contributed by atoms with E-state index in [0.29, 0.717) is 18.3 Å². The minimum atomic E-state index is -0.649. The van der Waals surface area contributed by atoms with Gasteiger partial charge >= 0.3 is 0 Å². The molecule has 0 amide bonds. The standard InChI is InChI=1S/C12H20O3/c1-2-3-4-5-12-13-9-6-10(14-12)8-11(7-9)15-12/h9-11H,2-8H2,1H3. The van der Waals surface area contributed by atoms with Crippen LogP contribution < -0.4 is 0 Å². The fourth-order valence-corrected chi connectivity index (χ4v) is 3.07. The highest BCUT2D eigenvalue weighted by Gasteiger charge is 2.54. The van der Waals surface area contributed by atoms with E-state index in [-0.39, 0.29) is 0 Å². The number of hydrogen-bond donors (Lipinski definition) is 0. The van der Waals surface area contributed by atoms with Crippen molar-refractivity contribution < 1.29 is 14.2 Å². The molecule has 0 unspecified atom stereocenters. The second kappa shape index (κ2) is 3.72. The maximum atomic E-state index is 5.91. The normalized spacial score (nSPS) is 47.4. The van der Waals surface area contributed by atoms with Crippen LogP contribution in [0.4, 0.5) is 0 Å². The minimum Gasteiger partial charge on any atom is -0.324 e. The van der Waals surface area contributed by atoms with Crippen LogP contribution in [0.2, 0.25) is 0 Å².